The van der Waals surface area contributed by atoms with E-state index in [1.165, 1.54) is 0 Å². The van der Waals surface area contributed by atoms with Gasteiger partial charge in [-0.15, -0.1) is 0 Å². The van der Waals surface area contributed by atoms with Crippen LogP contribution in [0.4, 0.5) is 11.6 Å². The molecular formula is C19H18N4O2. The van der Waals surface area contributed by atoms with Gasteiger partial charge < -0.3 is 5.32 Å². The predicted octanol–water partition coefficient (Wildman–Crippen LogP) is 3.18. The molecule has 0 saturated carbocycles. The summed E-state index contributed by atoms with van der Waals surface area (Å²) in [5, 5.41) is 5.69. The van der Waals surface area contributed by atoms with E-state index >= 15 is 0 Å². The third kappa shape index (κ3) is 2.76. The average molecular weight is 334 g/mol. The van der Waals surface area contributed by atoms with Crippen LogP contribution in [0.1, 0.15) is 23.6 Å². The second kappa shape index (κ2) is 5.73. The summed E-state index contributed by atoms with van der Waals surface area (Å²) in [6, 6.07) is 12.8. The Hall–Kier alpha value is -3.15. The van der Waals surface area contributed by atoms with Crippen molar-refractivity contribution in [3.63, 3.8) is 0 Å². The Bertz CT molecular complexity index is 986. The molecule has 0 radical (unpaired) electrons. The highest BCUT2D eigenvalue weighted by Crippen LogP contribution is 2.31. The fraction of sp³-hybridized carbons (Fsp3) is 0.211. The minimum absolute atomic E-state index is 0.0873. The van der Waals surface area contributed by atoms with Crippen molar-refractivity contribution < 1.29 is 9.59 Å². The number of nitrogens with one attached hydrogen (secondary N) is 2. The standard InChI is InChI=1S/C19H18N4O2/c1-11-7-12(2)9-13(8-11)20-18(25)16-10-17(24)22-19-21-14-5-3-4-6-15(14)23(16)19/h3-9,16H,10H2,1-2H3,(H,20,25)(H,21,22,24). The molecule has 0 bridgehead atoms. The molecule has 126 valence electrons. The topological polar surface area (TPSA) is 76.0 Å². The molecule has 6 nitrogen and oxygen atoms in total. The van der Waals surface area contributed by atoms with Gasteiger partial charge in [0.15, 0.2) is 0 Å². The van der Waals surface area contributed by atoms with Gasteiger partial charge in [0.25, 0.3) is 0 Å². The lowest BCUT2D eigenvalue weighted by Crippen LogP contribution is -2.35. The van der Waals surface area contributed by atoms with Gasteiger partial charge in [-0.1, -0.05) is 18.2 Å². The maximum atomic E-state index is 12.9. The number of benzene rings is 2. The Morgan fingerprint density at radius 3 is 2.68 bits per heavy atom. The third-order valence-electron chi connectivity index (χ3n) is 4.33. The first kappa shape index (κ1) is 15.4. The number of fused-ring (bicyclic) bond motifs is 3. The summed E-state index contributed by atoms with van der Waals surface area (Å²) >= 11 is 0. The van der Waals surface area contributed by atoms with E-state index < -0.39 is 6.04 Å². The van der Waals surface area contributed by atoms with Gasteiger partial charge in [0.05, 0.1) is 17.5 Å². The second-order valence-corrected chi connectivity index (χ2v) is 6.43. The van der Waals surface area contributed by atoms with Crippen molar-refractivity contribution in [2.24, 2.45) is 0 Å². The van der Waals surface area contributed by atoms with E-state index in [-0.39, 0.29) is 18.2 Å². The fourth-order valence-corrected chi connectivity index (χ4v) is 3.37. The van der Waals surface area contributed by atoms with Crippen LogP contribution in [0.2, 0.25) is 0 Å². The summed E-state index contributed by atoms with van der Waals surface area (Å²) in [5.74, 6) is -0.00865. The van der Waals surface area contributed by atoms with E-state index in [1.54, 1.807) is 4.57 Å². The van der Waals surface area contributed by atoms with Crippen molar-refractivity contribution in [1.29, 1.82) is 0 Å². The van der Waals surface area contributed by atoms with Gasteiger partial charge in [-0.25, -0.2) is 4.98 Å². The van der Waals surface area contributed by atoms with Gasteiger partial charge in [-0.2, -0.15) is 0 Å². The van der Waals surface area contributed by atoms with Gasteiger partial charge >= 0.3 is 0 Å². The summed E-state index contributed by atoms with van der Waals surface area (Å²) < 4.78 is 1.80. The number of hydrogen-bond acceptors (Lipinski definition) is 3. The second-order valence-electron chi connectivity index (χ2n) is 6.43. The molecule has 0 aliphatic carbocycles. The van der Waals surface area contributed by atoms with Gasteiger partial charge in [0, 0.05) is 5.69 Å². The minimum Gasteiger partial charge on any atom is -0.324 e. The summed E-state index contributed by atoms with van der Waals surface area (Å²) in [6.45, 7) is 3.97. The lowest BCUT2D eigenvalue weighted by Gasteiger charge is -2.25. The summed E-state index contributed by atoms with van der Waals surface area (Å²) in [6.07, 6.45) is 0.0873. The van der Waals surface area contributed by atoms with Crippen molar-refractivity contribution in [3.05, 3.63) is 53.6 Å². The number of aromatic nitrogens is 2. The number of rotatable bonds is 2. The van der Waals surface area contributed by atoms with E-state index in [2.05, 4.69) is 15.6 Å². The van der Waals surface area contributed by atoms with E-state index in [1.807, 2.05) is 56.3 Å². The Labute approximate surface area is 144 Å². The summed E-state index contributed by atoms with van der Waals surface area (Å²) in [4.78, 5) is 29.4. The minimum atomic E-state index is -0.628. The van der Waals surface area contributed by atoms with Gasteiger partial charge in [0.1, 0.15) is 6.04 Å². The normalized spacial score (nSPS) is 16.4. The first-order chi connectivity index (χ1) is 12.0. The van der Waals surface area contributed by atoms with Crippen LogP contribution >= 0.6 is 0 Å². The Morgan fingerprint density at radius 1 is 1.20 bits per heavy atom. The van der Waals surface area contributed by atoms with Crippen molar-refractivity contribution in [1.82, 2.24) is 9.55 Å². The molecule has 0 spiro atoms. The van der Waals surface area contributed by atoms with Crippen LogP contribution in [0.5, 0.6) is 0 Å². The van der Waals surface area contributed by atoms with E-state index in [0.29, 0.717) is 5.95 Å². The van der Waals surface area contributed by atoms with Gasteiger partial charge in [-0.05, 0) is 49.2 Å². The monoisotopic (exact) mass is 334 g/mol. The smallest absolute Gasteiger partial charge is 0.248 e. The van der Waals surface area contributed by atoms with Crippen LogP contribution in [-0.2, 0) is 9.59 Å². The molecule has 2 aromatic carbocycles. The number of aryl methyl sites for hydroxylation is 2. The molecule has 1 aromatic heterocycles. The molecule has 4 rings (SSSR count). The number of carbonyl (C=O) groups is 2. The van der Waals surface area contributed by atoms with E-state index in [0.717, 1.165) is 27.8 Å². The van der Waals surface area contributed by atoms with E-state index in [9.17, 15) is 9.59 Å². The molecule has 0 fully saturated rings. The average Bonchev–Trinajstić information content (AvgIpc) is 2.90. The first-order valence-electron chi connectivity index (χ1n) is 8.17. The van der Waals surface area contributed by atoms with Crippen molar-refractivity contribution >= 4 is 34.5 Å². The zero-order valence-corrected chi connectivity index (χ0v) is 14.0. The largest absolute Gasteiger partial charge is 0.324 e. The number of amides is 2. The van der Waals surface area contributed by atoms with Crippen molar-refractivity contribution in [3.8, 4) is 0 Å². The lowest BCUT2D eigenvalue weighted by molar-refractivity contribution is -0.124. The van der Waals surface area contributed by atoms with Crippen molar-refractivity contribution in [2.45, 2.75) is 26.3 Å². The van der Waals surface area contributed by atoms with Crippen LogP contribution in [0.3, 0.4) is 0 Å². The molecule has 1 aliphatic rings. The number of hydrogen-bond donors (Lipinski definition) is 2. The SMILES string of the molecule is Cc1cc(C)cc(NC(=O)C2CC(=O)Nc3nc4ccccc4n32)c1. The quantitative estimate of drug-likeness (QED) is 0.756. The molecule has 3 aromatic rings. The number of anilines is 2. The highest BCUT2D eigenvalue weighted by Gasteiger charge is 2.32. The number of nitrogens with zero attached hydrogens (tertiary/aromatic N) is 2. The number of carbonyl (C=O) groups excluding carboxylic acids is 2. The Balaban J connectivity index is 1.73. The van der Waals surface area contributed by atoms with Crippen LogP contribution in [-0.4, -0.2) is 21.4 Å². The van der Waals surface area contributed by atoms with E-state index in [4.69, 9.17) is 0 Å². The molecule has 1 atom stereocenters. The summed E-state index contributed by atoms with van der Waals surface area (Å²) in [5.41, 5.74) is 4.47. The van der Waals surface area contributed by atoms with Crippen molar-refractivity contribution in [2.75, 3.05) is 10.6 Å². The predicted molar refractivity (Wildman–Crippen MR) is 96.6 cm³/mol. The Morgan fingerprint density at radius 2 is 1.92 bits per heavy atom. The molecule has 1 aliphatic heterocycles. The molecule has 2 heterocycles. The maximum Gasteiger partial charge on any atom is 0.248 e. The van der Waals surface area contributed by atoms with Crippen LogP contribution in [0.15, 0.2) is 42.5 Å². The highest BCUT2D eigenvalue weighted by atomic mass is 16.2. The van der Waals surface area contributed by atoms with Crippen LogP contribution < -0.4 is 10.6 Å². The molecule has 2 N–H and O–H groups in total. The highest BCUT2D eigenvalue weighted by molar-refractivity contribution is 6.03. The number of para-hydroxylation sites is 2. The Kier molecular flexibility index (Phi) is 3.53. The summed E-state index contributed by atoms with van der Waals surface area (Å²) in [7, 11) is 0. The first-order valence-corrected chi connectivity index (χ1v) is 8.17. The maximum absolute atomic E-state index is 12.9. The molecule has 25 heavy (non-hydrogen) atoms. The molecular weight excluding hydrogens is 316 g/mol. The zero-order valence-electron chi connectivity index (χ0n) is 14.0. The third-order valence-corrected chi connectivity index (χ3v) is 4.33. The van der Waals surface area contributed by atoms with Gasteiger partial charge in [0.2, 0.25) is 17.8 Å². The molecule has 0 saturated heterocycles. The molecule has 2 amide bonds. The lowest BCUT2D eigenvalue weighted by atomic mass is 10.1. The van der Waals surface area contributed by atoms with Gasteiger partial charge in [-0.3, -0.25) is 19.5 Å². The zero-order chi connectivity index (χ0) is 17.6. The van der Waals surface area contributed by atoms with Crippen LogP contribution in [0.25, 0.3) is 11.0 Å². The fourth-order valence-electron chi connectivity index (χ4n) is 3.37. The molecule has 6 heteroatoms. The number of imidazole rings is 1. The van der Waals surface area contributed by atoms with Crippen LogP contribution in [0, 0.1) is 13.8 Å². The molecule has 1 unspecified atom stereocenters.